The van der Waals surface area contributed by atoms with Gasteiger partial charge in [-0.3, -0.25) is 4.79 Å². The van der Waals surface area contributed by atoms with Crippen LogP contribution in [0, 0.1) is 0 Å². The van der Waals surface area contributed by atoms with Crippen molar-refractivity contribution in [3.8, 4) is 5.69 Å². The molecule has 1 atom stereocenters. The van der Waals surface area contributed by atoms with Crippen LogP contribution >= 0.6 is 11.6 Å². The topological polar surface area (TPSA) is 42.2 Å². The number of hydrogen-bond acceptors (Lipinski definition) is 1. The monoisotopic (exact) mass is 249 g/mol. The lowest BCUT2D eigenvalue weighted by atomic mass is 10.0. The summed E-state index contributed by atoms with van der Waals surface area (Å²) in [5.41, 5.74) is 1.55. The average Bonchev–Trinajstić information content (AvgIpc) is 2.81. The predicted octanol–water partition coefficient (Wildman–Crippen LogP) is 3.32. The minimum absolute atomic E-state index is 0.548. The molecular weight excluding hydrogens is 238 g/mol. The molecule has 0 radical (unpaired) electrons. The molecule has 1 aromatic heterocycles. The molecule has 17 heavy (non-hydrogen) atoms. The Morgan fingerprint density at radius 3 is 2.53 bits per heavy atom. The van der Waals surface area contributed by atoms with Crippen LogP contribution < -0.4 is 0 Å². The van der Waals surface area contributed by atoms with Gasteiger partial charge in [-0.05, 0) is 36.8 Å². The van der Waals surface area contributed by atoms with Crippen molar-refractivity contribution in [2.24, 2.45) is 0 Å². The summed E-state index contributed by atoms with van der Waals surface area (Å²) in [5.74, 6) is -1.40. The second-order valence-corrected chi connectivity index (χ2v) is 4.27. The van der Waals surface area contributed by atoms with E-state index in [1.54, 1.807) is 19.1 Å². The van der Waals surface area contributed by atoms with E-state index in [1.807, 2.05) is 35.2 Å². The Morgan fingerprint density at radius 1 is 1.35 bits per heavy atom. The number of nitrogens with zero attached hydrogens (tertiary/aromatic N) is 1. The molecule has 1 aromatic carbocycles. The van der Waals surface area contributed by atoms with E-state index in [-0.39, 0.29) is 0 Å². The Kier molecular flexibility index (Phi) is 3.20. The molecule has 0 amide bonds. The normalized spacial score (nSPS) is 12.4. The van der Waals surface area contributed by atoms with E-state index in [1.165, 1.54) is 0 Å². The van der Waals surface area contributed by atoms with Crippen LogP contribution in [0.15, 0.2) is 42.7 Å². The summed E-state index contributed by atoms with van der Waals surface area (Å²) < 4.78 is 1.89. The van der Waals surface area contributed by atoms with Gasteiger partial charge in [0, 0.05) is 12.4 Å². The molecule has 2 rings (SSSR count). The van der Waals surface area contributed by atoms with Crippen LogP contribution in [0.5, 0.6) is 0 Å². The largest absolute Gasteiger partial charge is 0.481 e. The molecule has 0 saturated heterocycles. The molecule has 0 unspecified atom stereocenters. The first-order chi connectivity index (χ1) is 8.09. The maximum Gasteiger partial charge on any atom is 0.310 e. The fourth-order valence-corrected chi connectivity index (χ4v) is 1.93. The maximum atomic E-state index is 10.9. The zero-order valence-corrected chi connectivity index (χ0v) is 10.1. The first-order valence-corrected chi connectivity index (χ1v) is 5.63. The van der Waals surface area contributed by atoms with Gasteiger partial charge in [0.2, 0.25) is 0 Å². The Morgan fingerprint density at radius 2 is 2.00 bits per heavy atom. The number of halogens is 1. The van der Waals surface area contributed by atoms with Gasteiger partial charge in [-0.1, -0.05) is 17.7 Å². The van der Waals surface area contributed by atoms with Crippen molar-refractivity contribution >= 4 is 17.6 Å². The molecule has 1 N–H and O–H groups in total. The van der Waals surface area contributed by atoms with Crippen molar-refractivity contribution in [1.29, 1.82) is 0 Å². The van der Waals surface area contributed by atoms with Gasteiger partial charge >= 0.3 is 5.97 Å². The lowest BCUT2D eigenvalue weighted by Crippen LogP contribution is -2.07. The summed E-state index contributed by atoms with van der Waals surface area (Å²) >= 11 is 6.16. The van der Waals surface area contributed by atoms with Crippen LogP contribution in [0.2, 0.25) is 5.02 Å². The minimum atomic E-state index is -0.852. The van der Waals surface area contributed by atoms with E-state index in [2.05, 4.69) is 0 Å². The molecule has 0 fully saturated rings. The van der Waals surface area contributed by atoms with Crippen molar-refractivity contribution < 1.29 is 9.90 Å². The highest BCUT2D eigenvalue weighted by atomic mass is 35.5. The standard InChI is InChI=1S/C13H12ClNO2/c1-9(13(16)17)10-4-5-12(11(14)8-10)15-6-2-3-7-15/h2-9H,1H3,(H,16,17)/t9-/m1/s1. The number of benzene rings is 1. The van der Waals surface area contributed by atoms with E-state index in [9.17, 15) is 4.79 Å². The molecule has 0 aliphatic heterocycles. The van der Waals surface area contributed by atoms with Gasteiger partial charge in [-0.15, -0.1) is 0 Å². The summed E-state index contributed by atoms with van der Waals surface area (Å²) in [7, 11) is 0. The lowest BCUT2D eigenvalue weighted by molar-refractivity contribution is -0.138. The van der Waals surface area contributed by atoms with Gasteiger partial charge in [0.15, 0.2) is 0 Å². The van der Waals surface area contributed by atoms with Crippen molar-refractivity contribution in [2.75, 3.05) is 0 Å². The predicted molar refractivity (Wildman–Crippen MR) is 66.8 cm³/mol. The first kappa shape index (κ1) is 11.7. The van der Waals surface area contributed by atoms with Gasteiger partial charge in [0.05, 0.1) is 16.6 Å². The van der Waals surface area contributed by atoms with E-state index >= 15 is 0 Å². The van der Waals surface area contributed by atoms with Gasteiger partial charge in [-0.2, -0.15) is 0 Å². The molecule has 0 aliphatic carbocycles. The molecule has 3 nitrogen and oxygen atoms in total. The number of hydrogen-bond donors (Lipinski definition) is 1. The third-order valence-electron chi connectivity index (χ3n) is 2.72. The van der Waals surface area contributed by atoms with Gasteiger partial charge < -0.3 is 9.67 Å². The highest BCUT2D eigenvalue weighted by Gasteiger charge is 2.15. The van der Waals surface area contributed by atoms with Crippen LogP contribution in [0.4, 0.5) is 0 Å². The molecule has 0 spiro atoms. The number of aromatic nitrogens is 1. The second kappa shape index (κ2) is 4.63. The van der Waals surface area contributed by atoms with Crippen molar-refractivity contribution in [3.63, 3.8) is 0 Å². The summed E-state index contributed by atoms with van der Waals surface area (Å²) in [6, 6.07) is 9.14. The van der Waals surface area contributed by atoms with E-state index < -0.39 is 11.9 Å². The number of carboxylic acids is 1. The molecule has 88 valence electrons. The van der Waals surface area contributed by atoms with Gasteiger partial charge in [-0.25, -0.2) is 0 Å². The summed E-state index contributed by atoms with van der Waals surface area (Å²) in [6.45, 7) is 1.64. The van der Waals surface area contributed by atoms with Gasteiger partial charge in [0.1, 0.15) is 0 Å². The average molecular weight is 250 g/mol. The highest BCUT2D eigenvalue weighted by Crippen LogP contribution is 2.25. The van der Waals surface area contributed by atoms with Crippen LogP contribution in [0.1, 0.15) is 18.4 Å². The SMILES string of the molecule is C[C@@H](C(=O)O)c1ccc(-n2cccc2)c(Cl)c1. The zero-order valence-electron chi connectivity index (χ0n) is 9.30. The Balaban J connectivity index is 2.39. The Hall–Kier alpha value is -1.74. The third kappa shape index (κ3) is 2.34. The van der Waals surface area contributed by atoms with Crippen molar-refractivity contribution in [1.82, 2.24) is 4.57 Å². The first-order valence-electron chi connectivity index (χ1n) is 5.25. The van der Waals surface area contributed by atoms with E-state index in [0.29, 0.717) is 10.6 Å². The van der Waals surface area contributed by atoms with Gasteiger partial charge in [0.25, 0.3) is 0 Å². The third-order valence-corrected chi connectivity index (χ3v) is 3.03. The minimum Gasteiger partial charge on any atom is -0.481 e. The second-order valence-electron chi connectivity index (χ2n) is 3.86. The number of rotatable bonds is 3. The molecule has 2 aromatic rings. The van der Waals surface area contributed by atoms with Crippen LogP contribution in [-0.4, -0.2) is 15.6 Å². The molecule has 4 heteroatoms. The van der Waals surface area contributed by atoms with Crippen LogP contribution in [0.3, 0.4) is 0 Å². The summed E-state index contributed by atoms with van der Waals surface area (Å²) in [4.78, 5) is 10.9. The zero-order chi connectivity index (χ0) is 12.4. The lowest BCUT2D eigenvalue weighted by Gasteiger charge is -2.10. The van der Waals surface area contributed by atoms with E-state index in [4.69, 9.17) is 16.7 Å². The summed E-state index contributed by atoms with van der Waals surface area (Å²) in [6.07, 6.45) is 3.78. The van der Waals surface area contributed by atoms with Crippen molar-refractivity contribution in [3.05, 3.63) is 53.3 Å². The Labute approximate surface area is 104 Å². The molecule has 0 saturated carbocycles. The molecular formula is C13H12ClNO2. The number of carboxylic acid groups (broad SMARTS) is 1. The summed E-state index contributed by atoms with van der Waals surface area (Å²) in [5, 5.41) is 9.48. The van der Waals surface area contributed by atoms with Crippen molar-refractivity contribution in [2.45, 2.75) is 12.8 Å². The molecule has 0 bridgehead atoms. The highest BCUT2D eigenvalue weighted by molar-refractivity contribution is 6.32. The maximum absolute atomic E-state index is 10.9. The van der Waals surface area contributed by atoms with Crippen LogP contribution in [0.25, 0.3) is 5.69 Å². The number of aliphatic carboxylic acids is 1. The fourth-order valence-electron chi connectivity index (χ4n) is 1.64. The smallest absolute Gasteiger partial charge is 0.310 e. The fraction of sp³-hybridized carbons (Fsp3) is 0.154. The number of carbonyl (C=O) groups is 1. The quantitative estimate of drug-likeness (QED) is 0.907. The molecule has 1 heterocycles. The van der Waals surface area contributed by atoms with E-state index in [0.717, 1.165) is 5.69 Å². The Bertz CT molecular complexity index is 534. The van der Waals surface area contributed by atoms with Crippen LogP contribution in [-0.2, 0) is 4.79 Å². The molecule has 0 aliphatic rings.